The van der Waals surface area contributed by atoms with Gasteiger partial charge in [-0.1, -0.05) is 20.8 Å². The van der Waals surface area contributed by atoms with Gasteiger partial charge >= 0.3 is 0 Å². The summed E-state index contributed by atoms with van der Waals surface area (Å²) in [7, 11) is 0. The highest BCUT2D eigenvalue weighted by molar-refractivity contribution is 5.80. The Bertz CT molecular complexity index is 177. The van der Waals surface area contributed by atoms with Crippen LogP contribution in [0.2, 0.25) is 0 Å². The lowest BCUT2D eigenvalue weighted by Crippen LogP contribution is -2.21. The number of Topliss-reactive ketones (excluding diaryl/α,β-unsaturated/α-hetero) is 1. The molecule has 0 aromatic carbocycles. The topological polar surface area (TPSA) is 20.3 Å². The molecule has 1 fully saturated rings. The minimum Gasteiger partial charge on any atom is -0.303 e. The van der Waals surface area contributed by atoms with Crippen LogP contribution in [0.4, 0.5) is 0 Å². The summed E-state index contributed by atoms with van der Waals surface area (Å²) in [5.74, 6) is 1.29. The highest BCUT2D eigenvalue weighted by Gasteiger charge is 2.23. The Morgan fingerprint density at radius 1 is 1.54 bits per heavy atom. The third kappa shape index (κ3) is 3.11. The molecule has 0 N–H and O–H groups in total. The van der Waals surface area contributed by atoms with E-state index >= 15 is 0 Å². The maximum absolute atomic E-state index is 11.5. The second-order valence-corrected chi connectivity index (χ2v) is 4.37. The molecule has 0 aliphatic carbocycles. The first-order chi connectivity index (χ1) is 6.13. The summed E-state index contributed by atoms with van der Waals surface area (Å²) in [6.07, 6.45) is 2.01. The van der Waals surface area contributed by atoms with Gasteiger partial charge in [0.05, 0.1) is 0 Å². The molecule has 0 spiro atoms. The van der Waals surface area contributed by atoms with E-state index < -0.39 is 0 Å². The molecule has 1 aliphatic rings. The highest BCUT2D eigenvalue weighted by atomic mass is 16.1. The number of carbonyl (C=O) groups is 1. The van der Waals surface area contributed by atoms with E-state index in [2.05, 4.69) is 11.8 Å². The van der Waals surface area contributed by atoms with Crippen LogP contribution in [0.1, 0.15) is 33.6 Å². The maximum Gasteiger partial charge on any atom is 0.135 e. The van der Waals surface area contributed by atoms with Gasteiger partial charge in [0.1, 0.15) is 5.78 Å². The van der Waals surface area contributed by atoms with Crippen molar-refractivity contribution >= 4 is 5.78 Å². The van der Waals surface area contributed by atoms with Crippen molar-refractivity contribution in [2.24, 2.45) is 11.8 Å². The molecule has 0 radical (unpaired) electrons. The zero-order valence-electron chi connectivity index (χ0n) is 9.05. The second kappa shape index (κ2) is 4.75. The van der Waals surface area contributed by atoms with Crippen LogP contribution in [-0.2, 0) is 4.79 Å². The minimum atomic E-state index is 0.218. The zero-order chi connectivity index (χ0) is 9.84. The third-order valence-corrected chi connectivity index (χ3v) is 2.95. The van der Waals surface area contributed by atoms with E-state index in [0.717, 1.165) is 19.5 Å². The molecule has 0 bridgehead atoms. The lowest BCUT2D eigenvalue weighted by atomic mass is 9.96. The molecule has 0 aromatic rings. The van der Waals surface area contributed by atoms with Crippen molar-refractivity contribution < 1.29 is 4.79 Å². The van der Waals surface area contributed by atoms with Crippen LogP contribution >= 0.6 is 0 Å². The number of likely N-dealkylation sites (tertiary alicyclic amines) is 1. The Labute approximate surface area is 81.3 Å². The van der Waals surface area contributed by atoms with Gasteiger partial charge in [0.25, 0.3) is 0 Å². The van der Waals surface area contributed by atoms with Crippen LogP contribution in [0.3, 0.4) is 0 Å². The largest absolute Gasteiger partial charge is 0.303 e. The van der Waals surface area contributed by atoms with E-state index in [1.54, 1.807) is 0 Å². The van der Waals surface area contributed by atoms with Crippen LogP contribution in [-0.4, -0.2) is 30.3 Å². The second-order valence-electron chi connectivity index (χ2n) is 4.37. The maximum atomic E-state index is 11.5. The van der Waals surface area contributed by atoms with Crippen molar-refractivity contribution in [2.75, 3.05) is 19.6 Å². The lowest BCUT2D eigenvalue weighted by Gasteiger charge is -2.13. The molecule has 1 rings (SSSR count). The molecular weight excluding hydrogens is 162 g/mol. The van der Waals surface area contributed by atoms with Crippen molar-refractivity contribution in [1.29, 1.82) is 0 Å². The summed E-state index contributed by atoms with van der Waals surface area (Å²) in [4.78, 5) is 13.9. The monoisotopic (exact) mass is 183 g/mol. The molecule has 1 atom stereocenters. The van der Waals surface area contributed by atoms with Crippen LogP contribution in [0.5, 0.6) is 0 Å². The van der Waals surface area contributed by atoms with E-state index in [-0.39, 0.29) is 5.92 Å². The minimum absolute atomic E-state index is 0.218. The summed E-state index contributed by atoms with van der Waals surface area (Å²) >= 11 is 0. The molecule has 1 aliphatic heterocycles. The first kappa shape index (κ1) is 10.7. The fourth-order valence-electron chi connectivity index (χ4n) is 1.89. The number of carbonyl (C=O) groups excluding carboxylic acids is 1. The third-order valence-electron chi connectivity index (χ3n) is 2.95. The zero-order valence-corrected chi connectivity index (χ0v) is 9.05. The smallest absolute Gasteiger partial charge is 0.135 e. The number of ketones is 1. The van der Waals surface area contributed by atoms with Crippen LogP contribution in [0, 0.1) is 11.8 Å². The molecule has 13 heavy (non-hydrogen) atoms. The quantitative estimate of drug-likeness (QED) is 0.664. The van der Waals surface area contributed by atoms with E-state index in [9.17, 15) is 4.79 Å². The van der Waals surface area contributed by atoms with Gasteiger partial charge < -0.3 is 4.90 Å². The molecular formula is C11H21NO. The van der Waals surface area contributed by atoms with E-state index in [0.29, 0.717) is 11.7 Å². The SMILES string of the molecule is CCN1CC[C@@H](CC(=O)C(C)C)C1. The number of hydrogen-bond acceptors (Lipinski definition) is 2. The number of rotatable bonds is 4. The average Bonchev–Trinajstić information content (AvgIpc) is 2.52. The Morgan fingerprint density at radius 3 is 2.69 bits per heavy atom. The van der Waals surface area contributed by atoms with E-state index in [4.69, 9.17) is 0 Å². The molecule has 1 saturated heterocycles. The van der Waals surface area contributed by atoms with Gasteiger partial charge in [0.15, 0.2) is 0 Å². The summed E-state index contributed by atoms with van der Waals surface area (Å²) in [6.45, 7) is 9.63. The van der Waals surface area contributed by atoms with Gasteiger partial charge in [-0.3, -0.25) is 4.79 Å². The van der Waals surface area contributed by atoms with Crippen molar-refractivity contribution in [3.8, 4) is 0 Å². The van der Waals surface area contributed by atoms with E-state index in [1.807, 2.05) is 13.8 Å². The van der Waals surface area contributed by atoms with Crippen molar-refractivity contribution in [3.63, 3.8) is 0 Å². The molecule has 76 valence electrons. The Kier molecular flexibility index (Phi) is 3.91. The fourth-order valence-corrected chi connectivity index (χ4v) is 1.89. The number of nitrogens with zero attached hydrogens (tertiary/aromatic N) is 1. The Morgan fingerprint density at radius 2 is 2.23 bits per heavy atom. The molecule has 0 unspecified atom stereocenters. The summed E-state index contributed by atoms with van der Waals surface area (Å²) in [5.41, 5.74) is 0. The van der Waals surface area contributed by atoms with Crippen LogP contribution in [0.15, 0.2) is 0 Å². The van der Waals surface area contributed by atoms with E-state index in [1.165, 1.54) is 13.0 Å². The highest BCUT2D eigenvalue weighted by Crippen LogP contribution is 2.20. The van der Waals surface area contributed by atoms with Gasteiger partial charge in [-0.05, 0) is 25.4 Å². The normalized spacial score (nSPS) is 24.2. The first-order valence-corrected chi connectivity index (χ1v) is 5.38. The molecule has 1 heterocycles. The molecule has 0 aromatic heterocycles. The predicted molar refractivity (Wildman–Crippen MR) is 54.7 cm³/mol. The summed E-state index contributed by atoms with van der Waals surface area (Å²) < 4.78 is 0. The van der Waals surface area contributed by atoms with Crippen molar-refractivity contribution in [1.82, 2.24) is 4.90 Å². The molecule has 0 amide bonds. The van der Waals surface area contributed by atoms with Gasteiger partial charge in [-0.2, -0.15) is 0 Å². The predicted octanol–water partition coefficient (Wildman–Crippen LogP) is 1.94. The first-order valence-electron chi connectivity index (χ1n) is 5.38. The standard InChI is InChI=1S/C11H21NO/c1-4-12-6-5-10(8-12)7-11(13)9(2)3/h9-10H,4-8H2,1-3H3/t10-/m0/s1. The fraction of sp³-hybridized carbons (Fsp3) is 0.909. The summed E-state index contributed by atoms with van der Waals surface area (Å²) in [5, 5.41) is 0. The summed E-state index contributed by atoms with van der Waals surface area (Å²) in [6, 6.07) is 0. The van der Waals surface area contributed by atoms with Crippen molar-refractivity contribution in [3.05, 3.63) is 0 Å². The lowest BCUT2D eigenvalue weighted by molar-refractivity contribution is -0.122. The average molecular weight is 183 g/mol. The van der Waals surface area contributed by atoms with Gasteiger partial charge in [-0.25, -0.2) is 0 Å². The van der Waals surface area contributed by atoms with Gasteiger partial charge in [0.2, 0.25) is 0 Å². The van der Waals surface area contributed by atoms with Crippen LogP contribution < -0.4 is 0 Å². The molecule has 2 nitrogen and oxygen atoms in total. The van der Waals surface area contributed by atoms with Crippen LogP contribution in [0.25, 0.3) is 0 Å². The molecule has 2 heteroatoms. The van der Waals surface area contributed by atoms with Gasteiger partial charge in [-0.15, -0.1) is 0 Å². The Hall–Kier alpha value is -0.370. The number of hydrogen-bond donors (Lipinski definition) is 0. The Balaban J connectivity index is 2.28. The molecule has 0 saturated carbocycles. The van der Waals surface area contributed by atoms with Gasteiger partial charge in [0, 0.05) is 18.9 Å². The van der Waals surface area contributed by atoms with Crippen molar-refractivity contribution in [2.45, 2.75) is 33.6 Å².